The van der Waals surface area contributed by atoms with Gasteiger partial charge < -0.3 is 4.74 Å². The van der Waals surface area contributed by atoms with E-state index in [1.54, 1.807) is 19.1 Å². The first-order chi connectivity index (χ1) is 9.98. The third-order valence-electron chi connectivity index (χ3n) is 3.43. The Morgan fingerprint density at radius 1 is 0.955 bits per heavy atom. The zero-order valence-electron chi connectivity index (χ0n) is 11.9. The molecule has 0 radical (unpaired) electrons. The van der Waals surface area contributed by atoms with Crippen LogP contribution >= 0.6 is 0 Å². The van der Waals surface area contributed by atoms with Crippen molar-refractivity contribution in [3.63, 3.8) is 0 Å². The van der Waals surface area contributed by atoms with E-state index in [9.17, 15) is 30.7 Å². The first-order valence-corrected chi connectivity index (χ1v) is 6.41. The molecule has 1 atom stereocenters. The molecule has 0 saturated carbocycles. The summed E-state index contributed by atoms with van der Waals surface area (Å²) in [5.74, 6) is 0. The maximum Gasteiger partial charge on any atom is 0.431 e. The van der Waals surface area contributed by atoms with E-state index in [0.717, 1.165) is 7.11 Å². The summed E-state index contributed by atoms with van der Waals surface area (Å²) in [5.41, 5.74) is -4.72. The van der Waals surface area contributed by atoms with Gasteiger partial charge in [-0.3, -0.25) is 0 Å². The van der Waals surface area contributed by atoms with Gasteiger partial charge in [-0.25, -0.2) is 4.39 Å². The lowest BCUT2D eigenvalue weighted by molar-refractivity contribution is -0.348. The zero-order chi connectivity index (χ0) is 17.2. The molecule has 22 heavy (non-hydrogen) atoms. The fourth-order valence-electron chi connectivity index (χ4n) is 2.14. The molecule has 1 nitrogen and oxygen atoms in total. The molecule has 1 unspecified atom stereocenters. The van der Waals surface area contributed by atoms with Crippen molar-refractivity contribution in [1.82, 2.24) is 0 Å². The van der Waals surface area contributed by atoms with E-state index in [2.05, 4.69) is 0 Å². The molecular weight excluding hydrogens is 317 g/mol. The van der Waals surface area contributed by atoms with Crippen molar-refractivity contribution in [2.24, 2.45) is 0 Å². The first-order valence-electron chi connectivity index (χ1n) is 6.41. The molecule has 0 aliphatic heterocycles. The van der Waals surface area contributed by atoms with Crippen LogP contribution in [0.4, 0.5) is 30.7 Å². The van der Waals surface area contributed by atoms with Gasteiger partial charge >= 0.3 is 18.0 Å². The quantitative estimate of drug-likeness (QED) is 0.677. The highest BCUT2D eigenvalue weighted by atomic mass is 19.4. The molecule has 126 valence electrons. The van der Waals surface area contributed by atoms with Crippen LogP contribution in [0.15, 0.2) is 24.3 Å². The SMILES string of the molecule is CCc1ccccc1C(CC(F)(C(F)(F)F)C(F)(F)F)OC. The lowest BCUT2D eigenvalue weighted by atomic mass is 9.90. The molecule has 0 saturated heterocycles. The fraction of sp³-hybridized carbons (Fsp3) is 0.571. The van der Waals surface area contributed by atoms with Crippen molar-refractivity contribution in [3.05, 3.63) is 35.4 Å². The van der Waals surface area contributed by atoms with Gasteiger partial charge in [0.1, 0.15) is 0 Å². The number of halogens is 7. The third kappa shape index (κ3) is 3.53. The van der Waals surface area contributed by atoms with Crippen LogP contribution in [0, 0.1) is 0 Å². The smallest absolute Gasteiger partial charge is 0.377 e. The normalized spacial score (nSPS) is 15.0. The Hall–Kier alpha value is -1.31. The average molecular weight is 332 g/mol. The standard InChI is InChI=1S/C14H15F7O/c1-3-9-6-4-5-7-10(9)11(22-2)8-12(15,13(16,17)18)14(19,20)21/h4-7,11H,3,8H2,1-2H3. The van der Waals surface area contributed by atoms with Crippen LogP contribution in [0.5, 0.6) is 0 Å². The molecule has 0 spiro atoms. The number of aryl methyl sites for hydroxylation is 1. The second kappa shape index (κ2) is 6.44. The van der Waals surface area contributed by atoms with E-state index in [4.69, 9.17) is 4.74 Å². The summed E-state index contributed by atoms with van der Waals surface area (Å²) in [6.07, 6.45) is -15.3. The zero-order valence-corrected chi connectivity index (χ0v) is 11.9. The van der Waals surface area contributed by atoms with Gasteiger partial charge in [0.25, 0.3) is 0 Å². The first kappa shape index (κ1) is 18.7. The molecule has 0 aliphatic rings. The van der Waals surface area contributed by atoms with Gasteiger partial charge in [-0.1, -0.05) is 31.2 Å². The van der Waals surface area contributed by atoms with Gasteiger partial charge in [-0.2, -0.15) is 26.3 Å². The van der Waals surface area contributed by atoms with Gasteiger partial charge in [0.2, 0.25) is 0 Å². The predicted molar refractivity (Wildman–Crippen MR) is 66.1 cm³/mol. The molecule has 0 amide bonds. The number of hydrogen-bond donors (Lipinski definition) is 0. The van der Waals surface area contributed by atoms with Crippen LogP contribution in [0.25, 0.3) is 0 Å². The Morgan fingerprint density at radius 2 is 1.45 bits per heavy atom. The minimum Gasteiger partial charge on any atom is -0.377 e. The van der Waals surface area contributed by atoms with Gasteiger partial charge in [-0.05, 0) is 17.5 Å². The molecular formula is C14H15F7O. The van der Waals surface area contributed by atoms with Crippen LogP contribution in [0.3, 0.4) is 0 Å². The minimum atomic E-state index is -6.08. The Balaban J connectivity index is 3.26. The van der Waals surface area contributed by atoms with Crippen LogP contribution < -0.4 is 0 Å². The molecule has 0 heterocycles. The maximum atomic E-state index is 13.8. The lowest BCUT2D eigenvalue weighted by Crippen LogP contribution is -2.54. The van der Waals surface area contributed by atoms with E-state index >= 15 is 0 Å². The van der Waals surface area contributed by atoms with Crippen molar-refractivity contribution in [1.29, 1.82) is 0 Å². The molecule has 8 heteroatoms. The van der Waals surface area contributed by atoms with Crippen LogP contribution in [-0.4, -0.2) is 25.1 Å². The molecule has 1 rings (SSSR count). The van der Waals surface area contributed by atoms with Crippen molar-refractivity contribution in [2.45, 2.75) is 43.9 Å². The van der Waals surface area contributed by atoms with Gasteiger partial charge in [0.05, 0.1) is 6.10 Å². The van der Waals surface area contributed by atoms with Gasteiger partial charge in [0, 0.05) is 13.5 Å². The van der Waals surface area contributed by atoms with E-state index in [1.807, 2.05) is 0 Å². The van der Waals surface area contributed by atoms with Crippen molar-refractivity contribution >= 4 is 0 Å². The Morgan fingerprint density at radius 3 is 1.86 bits per heavy atom. The van der Waals surface area contributed by atoms with Crippen LogP contribution in [0.1, 0.15) is 30.6 Å². The minimum absolute atomic E-state index is 0.114. The fourth-order valence-corrected chi connectivity index (χ4v) is 2.14. The van der Waals surface area contributed by atoms with Gasteiger partial charge in [-0.15, -0.1) is 0 Å². The van der Waals surface area contributed by atoms with Crippen molar-refractivity contribution in [2.75, 3.05) is 7.11 Å². The number of hydrogen-bond acceptors (Lipinski definition) is 1. The Kier molecular flexibility index (Phi) is 5.48. The monoisotopic (exact) mass is 332 g/mol. The largest absolute Gasteiger partial charge is 0.431 e. The summed E-state index contributed by atoms with van der Waals surface area (Å²) >= 11 is 0. The Labute approximate surface area is 123 Å². The summed E-state index contributed by atoms with van der Waals surface area (Å²) < 4.78 is 94.4. The topological polar surface area (TPSA) is 9.23 Å². The predicted octanol–water partition coefficient (Wildman–Crippen LogP) is 5.16. The maximum absolute atomic E-state index is 13.8. The Bertz CT molecular complexity index is 479. The van der Waals surface area contributed by atoms with Crippen LogP contribution in [-0.2, 0) is 11.2 Å². The molecule has 0 fully saturated rings. The second-order valence-electron chi connectivity index (χ2n) is 4.78. The van der Waals surface area contributed by atoms with E-state index in [-0.39, 0.29) is 5.56 Å². The number of methoxy groups -OCH3 is 1. The summed E-state index contributed by atoms with van der Waals surface area (Å²) in [6.45, 7) is 1.68. The third-order valence-corrected chi connectivity index (χ3v) is 3.43. The summed E-state index contributed by atoms with van der Waals surface area (Å²) in [7, 11) is 0.949. The van der Waals surface area contributed by atoms with Gasteiger partial charge in [0.15, 0.2) is 0 Å². The number of alkyl halides is 7. The van der Waals surface area contributed by atoms with E-state index in [1.165, 1.54) is 12.1 Å². The van der Waals surface area contributed by atoms with Crippen molar-refractivity contribution in [3.8, 4) is 0 Å². The molecule has 1 aromatic carbocycles. The molecule has 0 aromatic heterocycles. The summed E-state index contributed by atoms with van der Waals surface area (Å²) in [5, 5.41) is 0. The summed E-state index contributed by atoms with van der Waals surface area (Å²) in [6, 6.07) is 5.91. The lowest BCUT2D eigenvalue weighted by Gasteiger charge is -2.33. The highest BCUT2D eigenvalue weighted by Crippen LogP contribution is 2.51. The highest BCUT2D eigenvalue weighted by Gasteiger charge is 2.72. The summed E-state index contributed by atoms with van der Waals surface area (Å²) in [4.78, 5) is 0. The molecule has 1 aromatic rings. The number of ether oxygens (including phenoxy) is 1. The highest BCUT2D eigenvalue weighted by molar-refractivity contribution is 5.29. The number of benzene rings is 1. The second-order valence-corrected chi connectivity index (χ2v) is 4.78. The van der Waals surface area contributed by atoms with Crippen molar-refractivity contribution < 1.29 is 35.5 Å². The molecule has 0 bridgehead atoms. The number of rotatable bonds is 5. The average Bonchev–Trinajstić information content (AvgIpc) is 2.42. The van der Waals surface area contributed by atoms with E-state index < -0.39 is 30.5 Å². The molecule has 0 aliphatic carbocycles. The van der Waals surface area contributed by atoms with Crippen LogP contribution in [0.2, 0.25) is 0 Å². The van der Waals surface area contributed by atoms with E-state index in [0.29, 0.717) is 12.0 Å². The molecule has 0 N–H and O–H groups in total.